The van der Waals surface area contributed by atoms with Crippen LogP contribution in [0.15, 0.2) is 18.3 Å². The van der Waals surface area contributed by atoms with Crippen molar-refractivity contribution in [1.29, 1.82) is 0 Å². The lowest BCUT2D eigenvalue weighted by atomic mass is 10.2. The van der Waals surface area contributed by atoms with E-state index in [0.29, 0.717) is 6.20 Å². The summed E-state index contributed by atoms with van der Waals surface area (Å²) in [6, 6.07) is 1.76. The van der Waals surface area contributed by atoms with Gasteiger partial charge in [0, 0.05) is 12.7 Å². The standard InChI is InChI=1S/C9H9F3N2O2/c10-9(11,12)6-1-2-7(14-5-6)8(16)13-3-4-15/h1-2,5,15H,3-4H2,(H,13,16). The Morgan fingerprint density at radius 2 is 2.12 bits per heavy atom. The van der Waals surface area contributed by atoms with Crippen molar-refractivity contribution in [3.63, 3.8) is 0 Å². The summed E-state index contributed by atoms with van der Waals surface area (Å²) in [5.41, 5.74) is -1.03. The molecular formula is C9H9F3N2O2. The molecule has 0 aliphatic rings. The van der Waals surface area contributed by atoms with Crippen molar-refractivity contribution in [2.75, 3.05) is 13.2 Å². The van der Waals surface area contributed by atoms with Gasteiger partial charge in [-0.1, -0.05) is 0 Å². The maximum Gasteiger partial charge on any atom is 0.417 e. The molecule has 88 valence electrons. The Bertz CT molecular complexity index is 362. The molecule has 0 atom stereocenters. The second-order valence-electron chi connectivity index (χ2n) is 2.91. The Hall–Kier alpha value is -1.63. The molecule has 1 rings (SSSR count). The lowest BCUT2D eigenvalue weighted by molar-refractivity contribution is -0.137. The number of aromatic nitrogens is 1. The number of rotatable bonds is 3. The Morgan fingerprint density at radius 3 is 2.56 bits per heavy atom. The molecule has 0 aromatic carbocycles. The van der Waals surface area contributed by atoms with E-state index in [1.54, 1.807) is 0 Å². The van der Waals surface area contributed by atoms with Gasteiger partial charge in [-0.2, -0.15) is 13.2 Å². The van der Waals surface area contributed by atoms with Gasteiger partial charge in [-0.15, -0.1) is 0 Å². The van der Waals surface area contributed by atoms with Crippen LogP contribution >= 0.6 is 0 Å². The largest absolute Gasteiger partial charge is 0.417 e. The molecule has 0 aliphatic heterocycles. The zero-order valence-corrected chi connectivity index (χ0v) is 8.08. The van der Waals surface area contributed by atoms with Crippen LogP contribution in [0.5, 0.6) is 0 Å². The normalized spacial score (nSPS) is 11.2. The topological polar surface area (TPSA) is 62.2 Å². The van der Waals surface area contributed by atoms with E-state index in [4.69, 9.17) is 5.11 Å². The summed E-state index contributed by atoms with van der Waals surface area (Å²) >= 11 is 0. The maximum atomic E-state index is 12.1. The van der Waals surface area contributed by atoms with E-state index in [0.717, 1.165) is 12.1 Å². The molecule has 7 heteroatoms. The Kier molecular flexibility index (Phi) is 3.83. The minimum absolute atomic E-state index is 0.0293. The van der Waals surface area contributed by atoms with E-state index < -0.39 is 17.6 Å². The van der Waals surface area contributed by atoms with Crippen molar-refractivity contribution >= 4 is 5.91 Å². The zero-order valence-electron chi connectivity index (χ0n) is 8.08. The van der Waals surface area contributed by atoms with Gasteiger partial charge in [0.25, 0.3) is 5.91 Å². The van der Waals surface area contributed by atoms with Gasteiger partial charge in [0.05, 0.1) is 12.2 Å². The molecule has 16 heavy (non-hydrogen) atoms. The van der Waals surface area contributed by atoms with Crippen LogP contribution < -0.4 is 5.32 Å². The number of nitrogens with one attached hydrogen (secondary N) is 1. The lowest BCUT2D eigenvalue weighted by Crippen LogP contribution is -2.27. The molecule has 0 aliphatic carbocycles. The number of halogens is 3. The average molecular weight is 234 g/mol. The Balaban J connectivity index is 2.75. The highest BCUT2D eigenvalue weighted by Crippen LogP contribution is 2.28. The van der Waals surface area contributed by atoms with Gasteiger partial charge in [-0.25, -0.2) is 0 Å². The SMILES string of the molecule is O=C(NCCO)c1ccc(C(F)(F)F)cn1. The first-order valence-electron chi connectivity index (χ1n) is 4.37. The van der Waals surface area contributed by atoms with E-state index in [1.807, 2.05) is 0 Å². The number of hydrogen-bond acceptors (Lipinski definition) is 3. The number of aliphatic hydroxyl groups excluding tert-OH is 1. The van der Waals surface area contributed by atoms with Crippen LogP contribution in [-0.2, 0) is 6.18 Å². The number of carbonyl (C=O) groups excluding carboxylic acids is 1. The quantitative estimate of drug-likeness (QED) is 0.814. The van der Waals surface area contributed by atoms with Crippen LogP contribution in [0.2, 0.25) is 0 Å². The molecule has 0 bridgehead atoms. The number of nitrogens with zero attached hydrogens (tertiary/aromatic N) is 1. The van der Waals surface area contributed by atoms with E-state index >= 15 is 0 Å². The molecule has 0 unspecified atom stereocenters. The van der Waals surface area contributed by atoms with Crippen LogP contribution in [0.1, 0.15) is 16.1 Å². The van der Waals surface area contributed by atoms with Crippen molar-refractivity contribution in [2.24, 2.45) is 0 Å². The fourth-order valence-corrected chi connectivity index (χ4v) is 0.956. The van der Waals surface area contributed by atoms with E-state index in [1.165, 1.54) is 0 Å². The van der Waals surface area contributed by atoms with Crippen LogP contribution in [-0.4, -0.2) is 29.1 Å². The number of aliphatic hydroxyl groups is 1. The molecule has 4 nitrogen and oxygen atoms in total. The molecule has 0 saturated heterocycles. The summed E-state index contributed by atoms with van der Waals surface area (Å²) in [7, 11) is 0. The summed E-state index contributed by atoms with van der Waals surface area (Å²) in [5, 5.41) is 10.7. The maximum absolute atomic E-state index is 12.1. The Morgan fingerprint density at radius 1 is 1.44 bits per heavy atom. The average Bonchev–Trinajstić information content (AvgIpc) is 2.25. The molecule has 1 heterocycles. The fraction of sp³-hybridized carbons (Fsp3) is 0.333. The molecule has 2 N–H and O–H groups in total. The summed E-state index contributed by atoms with van der Waals surface area (Å²) in [5.74, 6) is -0.622. The summed E-state index contributed by atoms with van der Waals surface area (Å²) in [6.45, 7) is -0.214. The molecule has 0 radical (unpaired) electrons. The van der Waals surface area contributed by atoms with Crippen molar-refractivity contribution < 1.29 is 23.1 Å². The van der Waals surface area contributed by atoms with Crippen LogP contribution in [0.3, 0.4) is 0 Å². The molecular weight excluding hydrogens is 225 g/mol. The third-order valence-electron chi connectivity index (χ3n) is 1.72. The van der Waals surface area contributed by atoms with Gasteiger partial charge in [0.2, 0.25) is 0 Å². The van der Waals surface area contributed by atoms with E-state index in [-0.39, 0.29) is 18.8 Å². The second kappa shape index (κ2) is 4.93. The molecule has 1 amide bonds. The second-order valence-corrected chi connectivity index (χ2v) is 2.91. The number of carbonyl (C=O) groups is 1. The number of amides is 1. The van der Waals surface area contributed by atoms with Gasteiger partial charge >= 0.3 is 6.18 Å². The number of alkyl halides is 3. The number of pyridine rings is 1. The minimum Gasteiger partial charge on any atom is -0.395 e. The molecule has 0 fully saturated rings. The van der Waals surface area contributed by atoms with E-state index in [9.17, 15) is 18.0 Å². The number of hydrogen-bond donors (Lipinski definition) is 2. The summed E-state index contributed by atoms with van der Waals surface area (Å²) in [6.07, 6.45) is -3.87. The molecule has 0 saturated carbocycles. The third kappa shape index (κ3) is 3.20. The predicted molar refractivity (Wildman–Crippen MR) is 48.7 cm³/mol. The van der Waals surface area contributed by atoms with Crippen LogP contribution in [0.25, 0.3) is 0 Å². The third-order valence-corrected chi connectivity index (χ3v) is 1.72. The van der Waals surface area contributed by atoms with Crippen molar-refractivity contribution in [3.8, 4) is 0 Å². The predicted octanol–water partition coefficient (Wildman–Crippen LogP) is 0.823. The highest BCUT2D eigenvalue weighted by Gasteiger charge is 2.30. The summed E-state index contributed by atoms with van der Waals surface area (Å²) < 4.78 is 36.4. The minimum atomic E-state index is -4.47. The zero-order chi connectivity index (χ0) is 12.2. The highest BCUT2D eigenvalue weighted by molar-refractivity contribution is 5.92. The first-order valence-corrected chi connectivity index (χ1v) is 4.37. The van der Waals surface area contributed by atoms with Crippen molar-refractivity contribution in [1.82, 2.24) is 10.3 Å². The van der Waals surface area contributed by atoms with E-state index in [2.05, 4.69) is 10.3 Å². The monoisotopic (exact) mass is 234 g/mol. The van der Waals surface area contributed by atoms with Gasteiger partial charge in [0.1, 0.15) is 5.69 Å². The van der Waals surface area contributed by atoms with Crippen LogP contribution in [0, 0.1) is 0 Å². The first-order chi connectivity index (χ1) is 7.45. The van der Waals surface area contributed by atoms with Gasteiger partial charge < -0.3 is 10.4 Å². The highest BCUT2D eigenvalue weighted by atomic mass is 19.4. The molecule has 1 aromatic rings. The van der Waals surface area contributed by atoms with Crippen molar-refractivity contribution in [3.05, 3.63) is 29.6 Å². The Labute approximate surface area is 89.1 Å². The molecule has 0 spiro atoms. The first kappa shape index (κ1) is 12.4. The van der Waals surface area contributed by atoms with Crippen molar-refractivity contribution in [2.45, 2.75) is 6.18 Å². The smallest absolute Gasteiger partial charge is 0.395 e. The van der Waals surface area contributed by atoms with Gasteiger partial charge in [-0.05, 0) is 12.1 Å². The summed E-state index contributed by atoms with van der Waals surface area (Å²) in [4.78, 5) is 14.6. The fourth-order valence-electron chi connectivity index (χ4n) is 0.956. The molecule has 1 aromatic heterocycles. The lowest BCUT2D eigenvalue weighted by Gasteiger charge is -2.06. The van der Waals surface area contributed by atoms with Gasteiger partial charge in [0.15, 0.2) is 0 Å². The van der Waals surface area contributed by atoms with Crippen LogP contribution in [0.4, 0.5) is 13.2 Å². The van der Waals surface area contributed by atoms with Gasteiger partial charge in [-0.3, -0.25) is 9.78 Å².